The molecular formula is C19H26O3. The summed E-state index contributed by atoms with van der Waals surface area (Å²) in [4.78, 5) is 10.1. The molecule has 0 N–H and O–H groups in total. The number of rotatable bonds is 12. The van der Waals surface area contributed by atoms with Crippen molar-refractivity contribution in [3.8, 4) is 0 Å². The monoisotopic (exact) mass is 302 g/mol. The molecule has 0 aliphatic carbocycles. The average molecular weight is 302 g/mol. The van der Waals surface area contributed by atoms with Gasteiger partial charge in [0.2, 0.25) is 0 Å². The Kier molecular flexibility index (Phi) is 10.8. The van der Waals surface area contributed by atoms with Crippen LogP contribution in [0.4, 0.5) is 0 Å². The topological polar surface area (TPSA) is 35.5 Å². The van der Waals surface area contributed by atoms with E-state index in [4.69, 9.17) is 9.47 Å². The molecule has 0 amide bonds. The lowest BCUT2D eigenvalue weighted by atomic mass is 10.2. The standard InChI is InChI=1S/C19H26O3/c1-18(12-8-5-3-2-4-6-11-15-20)22-17-21-16-19-13-9-7-10-14-19/h4-10,13-15,18H,2-3,11-12,16-17H2,1H3/b6-4+,8-5+/t18-/m1/s1. The van der Waals surface area contributed by atoms with Crippen LogP contribution in [0.15, 0.2) is 54.6 Å². The maximum absolute atomic E-state index is 10.1. The molecule has 0 heterocycles. The van der Waals surface area contributed by atoms with E-state index in [-0.39, 0.29) is 6.10 Å². The second-order valence-corrected chi connectivity index (χ2v) is 5.09. The molecule has 1 atom stereocenters. The fraction of sp³-hybridized carbons (Fsp3) is 0.421. The lowest BCUT2D eigenvalue weighted by molar-refractivity contribution is -0.107. The maximum atomic E-state index is 10.1. The quantitative estimate of drug-likeness (QED) is 0.248. The van der Waals surface area contributed by atoms with Gasteiger partial charge in [0.1, 0.15) is 13.1 Å². The average Bonchev–Trinajstić information content (AvgIpc) is 2.55. The minimum absolute atomic E-state index is 0.151. The molecular weight excluding hydrogens is 276 g/mol. The van der Waals surface area contributed by atoms with Crippen molar-refractivity contribution in [2.75, 3.05) is 6.79 Å². The molecule has 0 aliphatic rings. The fourth-order valence-corrected chi connectivity index (χ4v) is 1.83. The Bertz CT molecular complexity index is 437. The van der Waals surface area contributed by atoms with Gasteiger partial charge < -0.3 is 14.3 Å². The Morgan fingerprint density at radius 3 is 2.50 bits per heavy atom. The molecule has 1 aromatic rings. The van der Waals surface area contributed by atoms with Crippen molar-refractivity contribution < 1.29 is 14.3 Å². The number of ether oxygens (including phenoxy) is 2. The van der Waals surface area contributed by atoms with E-state index in [1.165, 1.54) is 0 Å². The summed E-state index contributed by atoms with van der Waals surface area (Å²) in [5.74, 6) is 0. The van der Waals surface area contributed by atoms with Crippen LogP contribution in [0.1, 0.15) is 38.2 Å². The van der Waals surface area contributed by atoms with E-state index in [1.54, 1.807) is 0 Å². The SMILES string of the molecule is C[C@H](C/C=C/CC/C=C/CC=O)OCOCc1ccccc1. The summed E-state index contributed by atoms with van der Waals surface area (Å²) in [6, 6.07) is 10.1. The molecule has 0 aromatic heterocycles. The predicted octanol–water partition coefficient (Wildman–Crippen LogP) is 4.44. The summed E-state index contributed by atoms with van der Waals surface area (Å²) in [5, 5.41) is 0. The Hall–Kier alpha value is -1.71. The summed E-state index contributed by atoms with van der Waals surface area (Å²) in [7, 11) is 0. The Balaban J connectivity index is 1.99. The van der Waals surface area contributed by atoms with E-state index in [0.29, 0.717) is 19.8 Å². The van der Waals surface area contributed by atoms with E-state index in [9.17, 15) is 4.79 Å². The van der Waals surface area contributed by atoms with Gasteiger partial charge in [-0.2, -0.15) is 0 Å². The summed E-state index contributed by atoms with van der Waals surface area (Å²) in [6.45, 7) is 2.94. The van der Waals surface area contributed by atoms with Gasteiger partial charge in [0, 0.05) is 6.42 Å². The fourth-order valence-electron chi connectivity index (χ4n) is 1.83. The van der Waals surface area contributed by atoms with Gasteiger partial charge in [-0.1, -0.05) is 54.6 Å². The van der Waals surface area contributed by atoms with E-state index >= 15 is 0 Å². The molecule has 1 aromatic carbocycles. The van der Waals surface area contributed by atoms with Crippen LogP contribution in [0.25, 0.3) is 0 Å². The van der Waals surface area contributed by atoms with Crippen molar-refractivity contribution in [2.45, 2.75) is 45.3 Å². The van der Waals surface area contributed by atoms with Gasteiger partial charge in [0.25, 0.3) is 0 Å². The first-order chi connectivity index (χ1) is 10.8. The third-order valence-corrected chi connectivity index (χ3v) is 3.08. The number of carbonyl (C=O) groups is 1. The van der Waals surface area contributed by atoms with Crippen molar-refractivity contribution >= 4 is 6.29 Å². The first-order valence-electron chi connectivity index (χ1n) is 7.80. The highest BCUT2D eigenvalue weighted by Crippen LogP contribution is 2.04. The molecule has 0 radical (unpaired) electrons. The van der Waals surface area contributed by atoms with Crippen LogP contribution in [-0.2, 0) is 20.9 Å². The van der Waals surface area contributed by atoms with Crippen LogP contribution in [0.2, 0.25) is 0 Å². The zero-order valence-corrected chi connectivity index (χ0v) is 13.3. The minimum Gasteiger partial charge on any atom is -0.352 e. The molecule has 0 saturated heterocycles. The van der Waals surface area contributed by atoms with Crippen LogP contribution in [0, 0.1) is 0 Å². The largest absolute Gasteiger partial charge is 0.352 e. The normalized spacial score (nSPS) is 13.0. The smallest absolute Gasteiger partial charge is 0.147 e. The predicted molar refractivity (Wildman–Crippen MR) is 89.5 cm³/mol. The molecule has 22 heavy (non-hydrogen) atoms. The van der Waals surface area contributed by atoms with Crippen LogP contribution < -0.4 is 0 Å². The number of unbranched alkanes of at least 4 members (excludes halogenated alkanes) is 1. The number of carbonyl (C=O) groups excluding carboxylic acids is 1. The van der Waals surface area contributed by atoms with E-state index < -0.39 is 0 Å². The van der Waals surface area contributed by atoms with Gasteiger partial charge in [-0.15, -0.1) is 0 Å². The van der Waals surface area contributed by atoms with Gasteiger partial charge in [-0.25, -0.2) is 0 Å². The lowest BCUT2D eigenvalue weighted by Gasteiger charge is -2.11. The summed E-state index contributed by atoms with van der Waals surface area (Å²) >= 11 is 0. The highest BCUT2D eigenvalue weighted by Gasteiger charge is 1.99. The van der Waals surface area contributed by atoms with Crippen LogP contribution in [0.5, 0.6) is 0 Å². The molecule has 120 valence electrons. The van der Waals surface area contributed by atoms with Gasteiger partial charge in [-0.05, 0) is 31.7 Å². The number of allylic oxidation sites excluding steroid dienone is 3. The molecule has 3 nitrogen and oxygen atoms in total. The Morgan fingerprint density at radius 2 is 1.77 bits per heavy atom. The van der Waals surface area contributed by atoms with Crippen LogP contribution in [0.3, 0.4) is 0 Å². The molecule has 0 spiro atoms. The molecule has 0 aliphatic heterocycles. The number of benzene rings is 1. The lowest BCUT2D eigenvalue weighted by Crippen LogP contribution is -2.10. The first-order valence-corrected chi connectivity index (χ1v) is 7.80. The number of hydrogen-bond acceptors (Lipinski definition) is 3. The van der Waals surface area contributed by atoms with Crippen LogP contribution >= 0.6 is 0 Å². The molecule has 3 heteroatoms. The third-order valence-electron chi connectivity index (χ3n) is 3.08. The Labute approximate surface area is 133 Å². The zero-order chi connectivity index (χ0) is 15.9. The van der Waals surface area contributed by atoms with Crippen molar-refractivity contribution in [1.82, 2.24) is 0 Å². The highest BCUT2D eigenvalue weighted by molar-refractivity contribution is 5.51. The highest BCUT2D eigenvalue weighted by atomic mass is 16.7. The van der Waals surface area contributed by atoms with E-state index in [1.807, 2.05) is 49.4 Å². The second kappa shape index (κ2) is 13.0. The summed E-state index contributed by atoms with van der Waals surface area (Å²) < 4.78 is 11.1. The van der Waals surface area contributed by atoms with Gasteiger partial charge in [0.05, 0.1) is 12.7 Å². The van der Waals surface area contributed by atoms with Crippen molar-refractivity contribution in [2.24, 2.45) is 0 Å². The van der Waals surface area contributed by atoms with Gasteiger partial charge in [0.15, 0.2) is 0 Å². The minimum atomic E-state index is 0.151. The zero-order valence-electron chi connectivity index (χ0n) is 13.3. The van der Waals surface area contributed by atoms with Crippen LogP contribution in [-0.4, -0.2) is 19.2 Å². The molecule has 1 rings (SSSR count). The molecule has 0 unspecified atom stereocenters. The summed E-state index contributed by atoms with van der Waals surface area (Å²) in [6.07, 6.45) is 12.6. The molecule has 0 saturated carbocycles. The van der Waals surface area contributed by atoms with Gasteiger partial charge >= 0.3 is 0 Å². The van der Waals surface area contributed by atoms with Crippen molar-refractivity contribution in [3.63, 3.8) is 0 Å². The number of hydrogen-bond donors (Lipinski definition) is 0. The molecule has 0 bridgehead atoms. The van der Waals surface area contributed by atoms with Gasteiger partial charge in [-0.3, -0.25) is 0 Å². The third kappa shape index (κ3) is 10.1. The van der Waals surface area contributed by atoms with E-state index in [0.717, 1.165) is 31.1 Å². The second-order valence-electron chi connectivity index (χ2n) is 5.09. The summed E-state index contributed by atoms with van der Waals surface area (Å²) in [5.41, 5.74) is 1.15. The van der Waals surface area contributed by atoms with Crippen molar-refractivity contribution in [3.05, 3.63) is 60.2 Å². The number of aldehydes is 1. The van der Waals surface area contributed by atoms with Crippen molar-refractivity contribution in [1.29, 1.82) is 0 Å². The molecule has 0 fully saturated rings. The van der Waals surface area contributed by atoms with E-state index in [2.05, 4.69) is 12.2 Å². The maximum Gasteiger partial charge on any atom is 0.147 e. The first kappa shape index (κ1) is 18.3. The Morgan fingerprint density at radius 1 is 1.05 bits per heavy atom.